The third kappa shape index (κ3) is 1.82. The molecule has 3 aromatic rings. The van der Waals surface area contributed by atoms with Crippen molar-refractivity contribution in [1.29, 1.82) is 0 Å². The lowest BCUT2D eigenvalue weighted by atomic mass is 10.0. The molecule has 0 amide bonds. The second kappa shape index (κ2) is 4.20. The number of nitrogens with two attached hydrogens (primary N) is 1. The number of anilines is 1. The van der Waals surface area contributed by atoms with Gasteiger partial charge in [0.05, 0.1) is 10.4 Å². The zero-order valence-corrected chi connectivity index (χ0v) is 10.7. The van der Waals surface area contributed by atoms with Crippen LogP contribution in [0.3, 0.4) is 0 Å². The number of benzene rings is 1. The van der Waals surface area contributed by atoms with Crippen molar-refractivity contribution in [2.24, 2.45) is 0 Å². The molecule has 4 nitrogen and oxygen atoms in total. The summed E-state index contributed by atoms with van der Waals surface area (Å²) in [4.78, 5) is 4.17. The van der Waals surface area contributed by atoms with Gasteiger partial charge in [-0.2, -0.15) is 0 Å². The minimum absolute atomic E-state index is 0.164. The Hall–Kier alpha value is -2.14. The lowest BCUT2D eigenvalue weighted by molar-refractivity contribution is 0.452. The molecule has 0 saturated carbocycles. The predicted molar refractivity (Wildman–Crippen MR) is 71.4 cm³/mol. The monoisotopic (exact) mass is 277 g/mol. The zero-order valence-electron chi connectivity index (χ0n) is 9.95. The molecule has 0 aliphatic heterocycles. The van der Waals surface area contributed by atoms with Crippen LogP contribution in [0, 0.1) is 12.7 Å². The topological polar surface area (TPSA) is 64.9 Å². The molecule has 96 valence electrons. The van der Waals surface area contributed by atoms with Crippen molar-refractivity contribution in [3.05, 3.63) is 40.8 Å². The molecular weight excluding hydrogens is 269 g/mol. The van der Waals surface area contributed by atoms with Gasteiger partial charge in [-0.3, -0.25) is 0 Å². The van der Waals surface area contributed by atoms with Gasteiger partial charge in [0.15, 0.2) is 5.82 Å². The van der Waals surface area contributed by atoms with E-state index in [4.69, 9.17) is 21.9 Å². The summed E-state index contributed by atoms with van der Waals surface area (Å²) >= 11 is 6.08. The van der Waals surface area contributed by atoms with E-state index in [9.17, 15) is 4.39 Å². The summed E-state index contributed by atoms with van der Waals surface area (Å²) in [6, 6.07) is 6.21. The smallest absolute Gasteiger partial charge is 0.260 e. The van der Waals surface area contributed by atoms with Gasteiger partial charge in [-0.15, -0.1) is 0 Å². The lowest BCUT2D eigenvalue weighted by Gasteiger charge is -2.08. The fourth-order valence-electron chi connectivity index (χ4n) is 2.05. The van der Waals surface area contributed by atoms with Gasteiger partial charge in [0.2, 0.25) is 0 Å². The minimum atomic E-state index is -0.431. The molecule has 0 fully saturated rings. The van der Waals surface area contributed by atoms with Crippen molar-refractivity contribution in [1.82, 2.24) is 10.1 Å². The average Bonchev–Trinajstić information content (AvgIpc) is 2.70. The van der Waals surface area contributed by atoms with E-state index in [1.54, 1.807) is 25.1 Å². The third-order valence-corrected chi connectivity index (χ3v) is 3.15. The van der Waals surface area contributed by atoms with Gasteiger partial charge in [0.25, 0.3) is 5.71 Å². The standard InChI is InChI=1S/C13H9ClFN3O/c1-6-5-7(10-8(14)3-2-4-9(10)15)11-12(16)18-19-13(11)17-6/h2-5H,1H3,(H2,16,18). The van der Waals surface area contributed by atoms with Crippen LogP contribution in [0.25, 0.3) is 22.2 Å². The summed E-state index contributed by atoms with van der Waals surface area (Å²) in [6.45, 7) is 1.77. The number of nitrogen functional groups attached to an aromatic ring is 1. The van der Waals surface area contributed by atoms with Gasteiger partial charge in [-0.05, 0) is 25.1 Å². The molecule has 0 bridgehead atoms. The van der Waals surface area contributed by atoms with Crippen LogP contribution < -0.4 is 5.73 Å². The minimum Gasteiger partial charge on any atom is -0.380 e. The van der Waals surface area contributed by atoms with Crippen LogP contribution in [0.1, 0.15) is 5.69 Å². The normalized spacial score (nSPS) is 11.1. The molecule has 0 radical (unpaired) electrons. The maximum atomic E-state index is 14.0. The summed E-state index contributed by atoms with van der Waals surface area (Å²) in [5, 5.41) is 4.43. The summed E-state index contributed by atoms with van der Waals surface area (Å²) in [5.74, 6) is -0.267. The Kier molecular flexibility index (Phi) is 2.64. The second-order valence-corrected chi connectivity index (χ2v) is 4.56. The molecule has 0 atom stereocenters. The Morgan fingerprint density at radius 2 is 2.16 bits per heavy atom. The summed E-state index contributed by atoms with van der Waals surface area (Å²) < 4.78 is 19.1. The van der Waals surface area contributed by atoms with E-state index < -0.39 is 5.82 Å². The highest BCUT2D eigenvalue weighted by molar-refractivity contribution is 6.33. The number of rotatable bonds is 1. The van der Waals surface area contributed by atoms with Gasteiger partial charge >= 0.3 is 0 Å². The molecule has 0 saturated heterocycles. The molecule has 0 unspecified atom stereocenters. The van der Waals surface area contributed by atoms with Gasteiger partial charge in [0.1, 0.15) is 5.82 Å². The number of pyridine rings is 1. The zero-order chi connectivity index (χ0) is 13.6. The Bertz CT molecular complexity index is 765. The van der Waals surface area contributed by atoms with Crippen LogP contribution in [0.5, 0.6) is 0 Å². The Morgan fingerprint density at radius 1 is 1.37 bits per heavy atom. The first-order chi connectivity index (χ1) is 9.08. The van der Waals surface area contributed by atoms with Gasteiger partial charge < -0.3 is 10.3 Å². The molecule has 2 N–H and O–H groups in total. The third-order valence-electron chi connectivity index (χ3n) is 2.83. The highest BCUT2D eigenvalue weighted by atomic mass is 35.5. The van der Waals surface area contributed by atoms with Crippen molar-refractivity contribution in [3.8, 4) is 11.1 Å². The van der Waals surface area contributed by atoms with E-state index in [0.717, 1.165) is 0 Å². The summed E-state index contributed by atoms with van der Waals surface area (Å²) in [5.41, 5.74) is 7.49. The number of aromatic nitrogens is 2. The molecule has 6 heteroatoms. The maximum Gasteiger partial charge on any atom is 0.260 e. The van der Waals surface area contributed by atoms with Crippen molar-refractivity contribution in [2.45, 2.75) is 6.92 Å². The van der Waals surface area contributed by atoms with E-state index in [2.05, 4.69) is 10.1 Å². The first-order valence-corrected chi connectivity index (χ1v) is 5.92. The van der Waals surface area contributed by atoms with E-state index in [-0.39, 0.29) is 17.1 Å². The van der Waals surface area contributed by atoms with E-state index in [0.29, 0.717) is 21.7 Å². The van der Waals surface area contributed by atoms with Crippen LogP contribution in [0.15, 0.2) is 28.8 Å². The number of halogens is 2. The molecule has 2 heterocycles. The molecule has 19 heavy (non-hydrogen) atoms. The van der Waals surface area contributed by atoms with E-state index in [1.807, 2.05) is 0 Å². The van der Waals surface area contributed by atoms with Crippen LogP contribution in [-0.4, -0.2) is 10.1 Å². The maximum absolute atomic E-state index is 14.0. The van der Waals surface area contributed by atoms with E-state index >= 15 is 0 Å². The highest BCUT2D eigenvalue weighted by Gasteiger charge is 2.18. The van der Waals surface area contributed by atoms with Gasteiger partial charge in [-0.1, -0.05) is 22.8 Å². The number of hydrogen-bond donors (Lipinski definition) is 1. The summed E-state index contributed by atoms with van der Waals surface area (Å²) in [7, 11) is 0. The first kappa shape index (κ1) is 11.9. The molecule has 0 spiro atoms. The molecule has 0 aliphatic rings. The molecule has 2 aromatic heterocycles. The average molecular weight is 278 g/mol. The second-order valence-electron chi connectivity index (χ2n) is 4.16. The van der Waals surface area contributed by atoms with Gasteiger partial charge in [-0.25, -0.2) is 9.37 Å². The fourth-order valence-corrected chi connectivity index (χ4v) is 2.31. The van der Waals surface area contributed by atoms with Crippen LogP contribution in [0.2, 0.25) is 5.02 Å². The Balaban J connectivity index is 2.45. The lowest BCUT2D eigenvalue weighted by Crippen LogP contribution is -1.93. The van der Waals surface area contributed by atoms with Crippen molar-refractivity contribution in [2.75, 3.05) is 5.73 Å². The number of aryl methyl sites for hydroxylation is 1. The van der Waals surface area contributed by atoms with Gasteiger partial charge in [0, 0.05) is 16.8 Å². The summed E-state index contributed by atoms with van der Waals surface area (Å²) in [6.07, 6.45) is 0. The molecule has 0 aliphatic carbocycles. The number of nitrogens with zero attached hydrogens (tertiary/aromatic N) is 2. The largest absolute Gasteiger partial charge is 0.380 e. The number of hydrogen-bond acceptors (Lipinski definition) is 4. The molecule has 3 rings (SSSR count). The van der Waals surface area contributed by atoms with Crippen molar-refractivity contribution >= 4 is 28.5 Å². The first-order valence-electron chi connectivity index (χ1n) is 5.55. The predicted octanol–water partition coefficient (Wildman–Crippen LogP) is 3.57. The fraction of sp³-hybridized carbons (Fsp3) is 0.0769. The number of fused-ring (bicyclic) bond motifs is 1. The Morgan fingerprint density at radius 3 is 2.89 bits per heavy atom. The molecule has 1 aromatic carbocycles. The van der Waals surface area contributed by atoms with Crippen molar-refractivity contribution < 1.29 is 8.91 Å². The SMILES string of the molecule is Cc1cc(-c2c(F)cccc2Cl)c2c(N)noc2n1. The molecular formula is C13H9ClFN3O. The van der Waals surface area contributed by atoms with Crippen LogP contribution in [-0.2, 0) is 0 Å². The van der Waals surface area contributed by atoms with Crippen LogP contribution >= 0.6 is 11.6 Å². The quantitative estimate of drug-likeness (QED) is 0.738. The van der Waals surface area contributed by atoms with E-state index in [1.165, 1.54) is 6.07 Å². The Labute approximate surface area is 113 Å². The highest BCUT2D eigenvalue weighted by Crippen LogP contribution is 2.37. The van der Waals surface area contributed by atoms with Crippen molar-refractivity contribution in [3.63, 3.8) is 0 Å². The van der Waals surface area contributed by atoms with Crippen LogP contribution in [0.4, 0.5) is 10.2 Å².